The molecule has 2 aromatic carbocycles. The molecule has 0 saturated heterocycles. The number of aldehydes is 1. The van der Waals surface area contributed by atoms with Gasteiger partial charge < -0.3 is 9.64 Å². The number of methoxy groups -OCH3 is 1. The monoisotopic (exact) mass is 363 g/mol. The number of benzene rings is 2. The van der Waals surface area contributed by atoms with Crippen molar-refractivity contribution >= 4 is 12.2 Å². The van der Waals surface area contributed by atoms with E-state index in [0.29, 0.717) is 12.2 Å². The highest BCUT2D eigenvalue weighted by Crippen LogP contribution is 2.30. The highest BCUT2D eigenvalue weighted by Gasteiger charge is 2.24. The van der Waals surface area contributed by atoms with Crippen LogP contribution in [-0.2, 0) is 7.05 Å². The van der Waals surface area contributed by atoms with E-state index in [-0.39, 0.29) is 17.5 Å². The van der Waals surface area contributed by atoms with Gasteiger partial charge in [0.2, 0.25) is 11.7 Å². The highest BCUT2D eigenvalue weighted by molar-refractivity contribution is 5.76. The first kappa shape index (κ1) is 18.4. The van der Waals surface area contributed by atoms with Crippen LogP contribution < -0.4 is 15.2 Å². The first-order valence-corrected chi connectivity index (χ1v) is 8.51. The minimum atomic E-state index is -0.406. The number of anilines is 1. The van der Waals surface area contributed by atoms with E-state index < -0.39 is 5.56 Å². The zero-order valence-corrected chi connectivity index (χ0v) is 15.5. The lowest BCUT2D eigenvalue weighted by molar-refractivity contribution is 0.111. The molecule has 0 atom stereocenters. The van der Waals surface area contributed by atoms with Gasteiger partial charge in [-0.2, -0.15) is 0 Å². The minimum Gasteiger partial charge on any atom is -0.489 e. The predicted molar refractivity (Wildman–Crippen MR) is 105 cm³/mol. The Morgan fingerprint density at radius 3 is 2.00 bits per heavy atom. The number of hydrogen-bond acceptors (Lipinski definition) is 5. The second kappa shape index (κ2) is 7.86. The zero-order valence-electron chi connectivity index (χ0n) is 15.5. The van der Waals surface area contributed by atoms with Crippen LogP contribution in [0.25, 0.3) is 0 Å². The fraction of sp³-hybridized carbons (Fsp3) is 0.190. The Morgan fingerprint density at radius 2 is 1.56 bits per heavy atom. The number of aromatic nitrogens is 2. The van der Waals surface area contributed by atoms with E-state index in [1.165, 1.54) is 11.7 Å². The number of nitrogens with zero attached hydrogens (tertiary/aromatic N) is 3. The van der Waals surface area contributed by atoms with Crippen molar-refractivity contribution in [2.24, 2.45) is 7.05 Å². The van der Waals surface area contributed by atoms with E-state index in [1.807, 2.05) is 72.6 Å². The summed E-state index contributed by atoms with van der Waals surface area (Å²) in [6.07, 6.45) is 0.539. The van der Waals surface area contributed by atoms with Crippen LogP contribution in [0.15, 0.2) is 65.5 Å². The summed E-state index contributed by atoms with van der Waals surface area (Å²) in [5.41, 5.74) is 1.67. The van der Waals surface area contributed by atoms with Crippen LogP contribution >= 0.6 is 0 Å². The summed E-state index contributed by atoms with van der Waals surface area (Å²) in [4.78, 5) is 30.3. The molecule has 0 aliphatic rings. The normalized spacial score (nSPS) is 10.7. The van der Waals surface area contributed by atoms with E-state index in [1.54, 1.807) is 7.05 Å². The van der Waals surface area contributed by atoms with Crippen LogP contribution in [0.3, 0.4) is 0 Å². The summed E-state index contributed by atoms with van der Waals surface area (Å²) < 4.78 is 6.46. The van der Waals surface area contributed by atoms with Crippen LogP contribution in [0.4, 0.5) is 5.95 Å². The van der Waals surface area contributed by atoms with Gasteiger partial charge in [0.25, 0.3) is 5.56 Å². The van der Waals surface area contributed by atoms with Crippen molar-refractivity contribution in [3.8, 4) is 5.75 Å². The topological polar surface area (TPSA) is 64.4 Å². The Balaban J connectivity index is 2.19. The van der Waals surface area contributed by atoms with E-state index in [4.69, 9.17) is 4.74 Å². The standard InChI is InChI=1S/C21H21N3O3/c1-23(21-22-17(14-25)19(27-3)20(26)24(21)2)18(15-10-6-4-7-11-15)16-12-8-5-9-13-16/h4-14,18H,1-3H3. The van der Waals surface area contributed by atoms with E-state index in [2.05, 4.69) is 4.98 Å². The molecule has 0 N–H and O–H groups in total. The molecule has 0 bridgehead atoms. The summed E-state index contributed by atoms with van der Waals surface area (Å²) in [5, 5.41) is 0. The maximum atomic E-state index is 12.6. The molecule has 0 radical (unpaired) electrons. The van der Waals surface area contributed by atoms with Crippen molar-refractivity contribution in [1.29, 1.82) is 0 Å². The fourth-order valence-corrected chi connectivity index (χ4v) is 3.20. The number of carbonyl (C=O) groups excluding carboxylic acids is 1. The van der Waals surface area contributed by atoms with Gasteiger partial charge in [-0.1, -0.05) is 60.7 Å². The van der Waals surface area contributed by atoms with Gasteiger partial charge in [-0.3, -0.25) is 14.2 Å². The number of carbonyl (C=O) groups is 1. The molecule has 1 aromatic heterocycles. The first-order chi connectivity index (χ1) is 13.1. The van der Waals surface area contributed by atoms with Crippen molar-refractivity contribution in [2.75, 3.05) is 19.1 Å². The van der Waals surface area contributed by atoms with Crippen molar-refractivity contribution in [3.05, 3.63) is 87.8 Å². The van der Waals surface area contributed by atoms with Gasteiger partial charge in [-0.05, 0) is 11.1 Å². The summed E-state index contributed by atoms with van der Waals surface area (Å²) in [7, 11) is 4.82. The van der Waals surface area contributed by atoms with Crippen molar-refractivity contribution in [3.63, 3.8) is 0 Å². The summed E-state index contributed by atoms with van der Waals surface area (Å²) in [5.74, 6) is 0.321. The Morgan fingerprint density at radius 1 is 1.04 bits per heavy atom. The average molecular weight is 363 g/mol. The lowest BCUT2D eigenvalue weighted by Crippen LogP contribution is -2.33. The molecule has 27 heavy (non-hydrogen) atoms. The van der Waals surface area contributed by atoms with E-state index in [0.717, 1.165) is 11.1 Å². The largest absolute Gasteiger partial charge is 0.489 e. The molecule has 0 saturated carbocycles. The maximum Gasteiger partial charge on any atom is 0.297 e. The molecular weight excluding hydrogens is 342 g/mol. The van der Waals surface area contributed by atoms with E-state index >= 15 is 0 Å². The second-order valence-corrected chi connectivity index (χ2v) is 6.15. The van der Waals surface area contributed by atoms with Gasteiger partial charge >= 0.3 is 0 Å². The molecule has 0 unspecified atom stereocenters. The highest BCUT2D eigenvalue weighted by atomic mass is 16.5. The van der Waals surface area contributed by atoms with Gasteiger partial charge in [0.05, 0.1) is 13.2 Å². The molecule has 6 heteroatoms. The number of ether oxygens (including phenoxy) is 1. The maximum absolute atomic E-state index is 12.6. The van der Waals surface area contributed by atoms with Crippen molar-refractivity contribution < 1.29 is 9.53 Å². The first-order valence-electron chi connectivity index (χ1n) is 8.51. The Hall–Kier alpha value is -3.41. The molecule has 0 aliphatic carbocycles. The van der Waals surface area contributed by atoms with Crippen LogP contribution in [0.1, 0.15) is 27.7 Å². The summed E-state index contributed by atoms with van der Waals surface area (Å²) >= 11 is 0. The smallest absolute Gasteiger partial charge is 0.297 e. The average Bonchev–Trinajstić information content (AvgIpc) is 2.71. The third-order valence-corrected chi connectivity index (χ3v) is 4.50. The second-order valence-electron chi connectivity index (χ2n) is 6.15. The molecule has 0 aliphatic heterocycles. The number of hydrogen-bond donors (Lipinski definition) is 0. The lowest BCUT2D eigenvalue weighted by atomic mass is 9.98. The Bertz CT molecular complexity index is 945. The molecule has 0 spiro atoms. The zero-order chi connectivity index (χ0) is 19.4. The molecule has 0 fully saturated rings. The van der Waals surface area contributed by atoms with E-state index in [9.17, 15) is 9.59 Å². The Kier molecular flexibility index (Phi) is 5.35. The van der Waals surface area contributed by atoms with Gasteiger partial charge in [0.15, 0.2) is 12.0 Å². The van der Waals surface area contributed by atoms with Gasteiger partial charge in [-0.25, -0.2) is 4.98 Å². The quantitative estimate of drug-likeness (QED) is 0.630. The summed E-state index contributed by atoms with van der Waals surface area (Å²) in [6.45, 7) is 0. The third kappa shape index (κ3) is 3.46. The Labute approximate surface area is 157 Å². The van der Waals surface area contributed by atoms with Gasteiger partial charge in [0.1, 0.15) is 0 Å². The fourth-order valence-electron chi connectivity index (χ4n) is 3.20. The minimum absolute atomic E-state index is 0.0117. The summed E-state index contributed by atoms with van der Waals surface area (Å²) in [6, 6.07) is 19.7. The van der Waals surface area contributed by atoms with Crippen molar-refractivity contribution in [1.82, 2.24) is 9.55 Å². The van der Waals surface area contributed by atoms with Crippen LogP contribution in [0.5, 0.6) is 5.75 Å². The lowest BCUT2D eigenvalue weighted by Gasteiger charge is -2.31. The molecule has 6 nitrogen and oxygen atoms in total. The van der Waals surface area contributed by atoms with Crippen LogP contribution in [0, 0.1) is 0 Å². The van der Waals surface area contributed by atoms with Crippen molar-refractivity contribution in [2.45, 2.75) is 6.04 Å². The molecule has 138 valence electrons. The predicted octanol–water partition coefficient (Wildman–Crippen LogP) is 2.83. The molecule has 0 amide bonds. The van der Waals surface area contributed by atoms with Gasteiger partial charge in [0, 0.05) is 14.1 Å². The van der Waals surface area contributed by atoms with Crippen LogP contribution in [-0.4, -0.2) is 30.0 Å². The number of rotatable bonds is 6. The van der Waals surface area contributed by atoms with Gasteiger partial charge in [-0.15, -0.1) is 0 Å². The molecular formula is C21H21N3O3. The molecule has 1 heterocycles. The molecule has 3 aromatic rings. The SMILES string of the molecule is COc1c(C=O)nc(N(C)C(c2ccccc2)c2ccccc2)n(C)c1=O. The third-order valence-electron chi connectivity index (χ3n) is 4.50. The van der Waals surface area contributed by atoms with Crippen LogP contribution in [0.2, 0.25) is 0 Å². The molecule has 3 rings (SSSR count).